The normalized spacial score (nSPS) is 9.65. The van der Waals surface area contributed by atoms with Crippen LogP contribution in [0.2, 0.25) is 0 Å². The summed E-state index contributed by atoms with van der Waals surface area (Å²) in [5.41, 5.74) is 7.51. The maximum atomic E-state index is 12.2. The molecule has 20 heavy (non-hydrogen) atoms. The predicted molar refractivity (Wildman–Crippen MR) is 85.0 cm³/mol. The Morgan fingerprint density at radius 2 is 1.50 bits per heavy atom. The van der Waals surface area contributed by atoms with Gasteiger partial charge in [-0.2, -0.15) is 0 Å². The van der Waals surface area contributed by atoms with Gasteiger partial charge in [-0.3, -0.25) is 4.79 Å². The summed E-state index contributed by atoms with van der Waals surface area (Å²) in [4.78, 5) is 14.0. The molecule has 0 saturated carbocycles. The van der Waals surface area contributed by atoms with Crippen molar-refractivity contribution in [3.8, 4) is 0 Å². The highest BCUT2D eigenvalue weighted by molar-refractivity contribution is 5.93. The lowest BCUT2D eigenvalue weighted by Crippen LogP contribution is -2.31. The number of nitrogens with two attached hydrogens (primary N) is 1. The summed E-state index contributed by atoms with van der Waals surface area (Å²) in [5.74, 6) is 0.0533. The SMILES string of the molecule is Cl.NCCC(=O)N(Cc1ccccc1)c1ccccc1. The average molecular weight is 291 g/mol. The van der Waals surface area contributed by atoms with E-state index in [4.69, 9.17) is 5.73 Å². The number of carbonyl (C=O) groups excluding carboxylic acids is 1. The number of hydrogen-bond donors (Lipinski definition) is 1. The van der Waals surface area contributed by atoms with Gasteiger partial charge in [0.2, 0.25) is 5.91 Å². The van der Waals surface area contributed by atoms with Crippen LogP contribution >= 0.6 is 12.4 Å². The summed E-state index contributed by atoms with van der Waals surface area (Å²) in [6, 6.07) is 19.7. The van der Waals surface area contributed by atoms with Gasteiger partial charge < -0.3 is 10.6 Å². The van der Waals surface area contributed by atoms with E-state index >= 15 is 0 Å². The Morgan fingerprint density at radius 3 is 2.05 bits per heavy atom. The number of anilines is 1. The molecule has 0 atom stereocenters. The highest BCUT2D eigenvalue weighted by Crippen LogP contribution is 2.17. The van der Waals surface area contributed by atoms with Gasteiger partial charge in [0.15, 0.2) is 0 Å². The van der Waals surface area contributed by atoms with Crippen molar-refractivity contribution in [2.24, 2.45) is 5.73 Å². The smallest absolute Gasteiger partial charge is 0.228 e. The van der Waals surface area contributed by atoms with E-state index in [0.717, 1.165) is 11.3 Å². The molecule has 0 unspecified atom stereocenters. The van der Waals surface area contributed by atoms with Crippen LogP contribution in [0.3, 0.4) is 0 Å². The average Bonchev–Trinajstić information content (AvgIpc) is 2.47. The molecule has 0 radical (unpaired) electrons. The summed E-state index contributed by atoms with van der Waals surface area (Å²) in [5, 5.41) is 0. The van der Waals surface area contributed by atoms with Crippen LogP contribution in [-0.2, 0) is 11.3 Å². The van der Waals surface area contributed by atoms with Crippen LogP contribution in [0.25, 0.3) is 0 Å². The highest BCUT2D eigenvalue weighted by Gasteiger charge is 2.14. The van der Waals surface area contributed by atoms with Crippen LogP contribution in [0.5, 0.6) is 0 Å². The summed E-state index contributed by atoms with van der Waals surface area (Å²) in [7, 11) is 0. The molecule has 2 aromatic carbocycles. The zero-order chi connectivity index (χ0) is 13.5. The van der Waals surface area contributed by atoms with Gasteiger partial charge >= 0.3 is 0 Å². The lowest BCUT2D eigenvalue weighted by Gasteiger charge is -2.23. The first-order chi connectivity index (χ1) is 9.31. The van der Waals surface area contributed by atoms with E-state index in [1.807, 2.05) is 60.7 Å². The van der Waals surface area contributed by atoms with Gasteiger partial charge in [-0.15, -0.1) is 12.4 Å². The molecule has 0 saturated heterocycles. The highest BCUT2D eigenvalue weighted by atomic mass is 35.5. The fraction of sp³-hybridized carbons (Fsp3) is 0.188. The van der Waals surface area contributed by atoms with Gasteiger partial charge in [0.25, 0.3) is 0 Å². The standard InChI is InChI=1S/C16H18N2O.ClH/c17-12-11-16(19)18(15-9-5-2-6-10-15)13-14-7-3-1-4-8-14;/h1-10H,11-13,17H2;1H. The predicted octanol–water partition coefficient (Wildman–Crippen LogP) is 2.99. The first-order valence-electron chi connectivity index (χ1n) is 6.40. The molecule has 0 bridgehead atoms. The first kappa shape index (κ1) is 16.2. The van der Waals surface area contributed by atoms with E-state index < -0.39 is 0 Å². The van der Waals surface area contributed by atoms with Gasteiger partial charge in [-0.25, -0.2) is 0 Å². The molecule has 0 aromatic heterocycles. The Labute approximate surface area is 125 Å². The number of para-hydroxylation sites is 1. The molecule has 0 aliphatic heterocycles. The Morgan fingerprint density at radius 1 is 0.950 bits per heavy atom. The number of hydrogen-bond acceptors (Lipinski definition) is 2. The maximum absolute atomic E-state index is 12.2. The lowest BCUT2D eigenvalue weighted by atomic mass is 10.2. The van der Waals surface area contributed by atoms with Crippen molar-refractivity contribution in [1.29, 1.82) is 0 Å². The van der Waals surface area contributed by atoms with Gasteiger partial charge in [0.05, 0.1) is 6.54 Å². The largest absolute Gasteiger partial charge is 0.330 e. The van der Waals surface area contributed by atoms with E-state index in [2.05, 4.69) is 0 Å². The molecule has 2 aromatic rings. The number of halogens is 1. The van der Waals surface area contributed by atoms with Crippen molar-refractivity contribution >= 4 is 24.0 Å². The molecular formula is C16H19ClN2O. The Kier molecular flexibility index (Phi) is 6.77. The zero-order valence-corrected chi connectivity index (χ0v) is 12.1. The fourth-order valence-electron chi connectivity index (χ4n) is 1.96. The van der Waals surface area contributed by atoms with Crippen LogP contribution in [0, 0.1) is 0 Å². The number of benzene rings is 2. The van der Waals surface area contributed by atoms with Gasteiger partial charge in [0, 0.05) is 18.7 Å². The minimum atomic E-state index is 0. The topological polar surface area (TPSA) is 46.3 Å². The second-order valence-corrected chi connectivity index (χ2v) is 4.34. The molecule has 0 aliphatic carbocycles. The van der Waals surface area contributed by atoms with E-state index in [1.54, 1.807) is 4.90 Å². The van der Waals surface area contributed by atoms with E-state index in [1.165, 1.54) is 0 Å². The van der Waals surface area contributed by atoms with Gasteiger partial charge in [-0.1, -0.05) is 48.5 Å². The molecule has 0 spiro atoms. The molecule has 0 fully saturated rings. The molecule has 3 nitrogen and oxygen atoms in total. The summed E-state index contributed by atoms with van der Waals surface area (Å²) in [6.07, 6.45) is 0.363. The molecule has 0 heterocycles. The summed E-state index contributed by atoms with van der Waals surface area (Å²) >= 11 is 0. The zero-order valence-electron chi connectivity index (χ0n) is 11.2. The Balaban J connectivity index is 0.00000200. The Bertz CT molecular complexity index is 517. The van der Waals surface area contributed by atoms with E-state index in [9.17, 15) is 4.79 Å². The van der Waals surface area contributed by atoms with Crippen LogP contribution in [-0.4, -0.2) is 12.5 Å². The molecule has 2 rings (SSSR count). The molecule has 4 heteroatoms. The monoisotopic (exact) mass is 290 g/mol. The molecule has 0 aliphatic rings. The number of rotatable bonds is 5. The minimum Gasteiger partial charge on any atom is -0.330 e. The van der Waals surface area contributed by atoms with Crippen molar-refractivity contribution in [2.75, 3.05) is 11.4 Å². The summed E-state index contributed by atoms with van der Waals surface area (Å²) in [6.45, 7) is 0.945. The third-order valence-electron chi connectivity index (χ3n) is 2.91. The molecule has 2 N–H and O–H groups in total. The van der Waals surface area contributed by atoms with Crippen LogP contribution in [0.1, 0.15) is 12.0 Å². The maximum Gasteiger partial charge on any atom is 0.228 e. The van der Waals surface area contributed by atoms with Crippen LogP contribution in [0.4, 0.5) is 5.69 Å². The van der Waals surface area contributed by atoms with E-state index in [-0.39, 0.29) is 18.3 Å². The van der Waals surface area contributed by atoms with Gasteiger partial charge in [0.1, 0.15) is 0 Å². The molecule has 1 amide bonds. The second kappa shape index (κ2) is 8.35. The second-order valence-electron chi connectivity index (χ2n) is 4.34. The fourth-order valence-corrected chi connectivity index (χ4v) is 1.96. The molecule has 106 valence electrons. The molecular weight excluding hydrogens is 272 g/mol. The van der Waals surface area contributed by atoms with Crippen molar-refractivity contribution in [3.05, 3.63) is 66.2 Å². The number of nitrogens with zero attached hydrogens (tertiary/aromatic N) is 1. The van der Waals surface area contributed by atoms with Crippen molar-refractivity contribution in [1.82, 2.24) is 0 Å². The number of amides is 1. The minimum absolute atomic E-state index is 0. The number of carbonyl (C=O) groups is 1. The first-order valence-corrected chi connectivity index (χ1v) is 6.40. The van der Waals surface area contributed by atoms with E-state index in [0.29, 0.717) is 19.5 Å². The van der Waals surface area contributed by atoms with Gasteiger partial charge in [-0.05, 0) is 17.7 Å². The summed E-state index contributed by atoms with van der Waals surface area (Å²) < 4.78 is 0. The van der Waals surface area contributed by atoms with Crippen molar-refractivity contribution < 1.29 is 4.79 Å². The quantitative estimate of drug-likeness (QED) is 0.920. The van der Waals surface area contributed by atoms with Crippen LogP contribution < -0.4 is 10.6 Å². The Hall–Kier alpha value is -1.84. The van der Waals surface area contributed by atoms with Crippen molar-refractivity contribution in [3.63, 3.8) is 0 Å². The van der Waals surface area contributed by atoms with Crippen molar-refractivity contribution in [2.45, 2.75) is 13.0 Å². The lowest BCUT2D eigenvalue weighted by molar-refractivity contribution is -0.118. The van der Waals surface area contributed by atoms with Crippen LogP contribution in [0.15, 0.2) is 60.7 Å². The third-order valence-corrected chi connectivity index (χ3v) is 2.91. The third kappa shape index (κ3) is 4.37.